The number of nitrogens with zero attached hydrogens (tertiary/aromatic N) is 3. The number of amides is 1. The number of aromatic nitrogens is 3. The van der Waals surface area contributed by atoms with Crippen LogP contribution < -0.4 is 5.32 Å². The van der Waals surface area contributed by atoms with E-state index in [-0.39, 0.29) is 23.6 Å². The minimum absolute atomic E-state index is 0.0508. The Bertz CT molecular complexity index is 871. The van der Waals surface area contributed by atoms with Gasteiger partial charge in [0.1, 0.15) is 5.82 Å². The van der Waals surface area contributed by atoms with Crippen molar-refractivity contribution in [3.63, 3.8) is 0 Å². The van der Waals surface area contributed by atoms with E-state index in [2.05, 4.69) is 15.6 Å². The van der Waals surface area contributed by atoms with Crippen LogP contribution >= 0.6 is 0 Å². The molecular formula is C16H19FN4O3S. The zero-order valence-corrected chi connectivity index (χ0v) is 14.6. The standard InChI is InChI=1S/C16H19FN4O3S/c1-21-11-14(19-20-21)18-15(22)16(9-3-2-4-10-16)25(23,24)13-7-5-12(17)6-8-13/h5-8,11H,2-4,9-10H2,1H3,(H,18,22). The zero-order chi connectivity index (χ0) is 18.1. The summed E-state index contributed by atoms with van der Waals surface area (Å²) in [4.78, 5) is 12.9. The molecule has 3 rings (SSSR count). The highest BCUT2D eigenvalue weighted by molar-refractivity contribution is 7.93. The van der Waals surface area contributed by atoms with Gasteiger partial charge >= 0.3 is 0 Å². The second-order valence-electron chi connectivity index (χ2n) is 6.24. The summed E-state index contributed by atoms with van der Waals surface area (Å²) < 4.78 is 39.5. The lowest BCUT2D eigenvalue weighted by Gasteiger charge is -2.34. The number of carbonyl (C=O) groups is 1. The summed E-state index contributed by atoms with van der Waals surface area (Å²) in [5.74, 6) is -0.940. The van der Waals surface area contributed by atoms with Gasteiger partial charge in [-0.3, -0.25) is 9.48 Å². The fourth-order valence-corrected chi connectivity index (χ4v) is 5.28. The fourth-order valence-electron chi connectivity index (χ4n) is 3.21. The van der Waals surface area contributed by atoms with Crippen molar-refractivity contribution in [3.8, 4) is 0 Å². The van der Waals surface area contributed by atoms with Gasteiger partial charge in [-0.25, -0.2) is 12.8 Å². The van der Waals surface area contributed by atoms with Gasteiger partial charge in [-0.15, -0.1) is 5.10 Å². The molecule has 0 atom stereocenters. The third-order valence-electron chi connectivity index (χ3n) is 4.56. The Morgan fingerprint density at radius 1 is 1.20 bits per heavy atom. The third-order valence-corrected chi connectivity index (χ3v) is 7.07. The summed E-state index contributed by atoms with van der Waals surface area (Å²) in [6.07, 6.45) is 4.08. The minimum Gasteiger partial charge on any atom is -0.306 e. The van der Waals surface area contributed by atoms with Crippen LogP contribution in [-0.2, 0) is 21.7 Å². The number of anilines is 1. The van der Waals surface area contributed by atoms with E-state index in [1.807, 2.05) is 0 Å². The van der Waals surface area contributed by atoms with Crippen LogP contribution in [0.4, 0.5) is 10.2 Å². The lowest BCUT2D eigenvalue weighted by atomic mass is 9.87. The molecule has 0 spiro atoms. The first kappa shape index (κ1) is 17.5. The number of nitrogens with one attached hydrogen (secondary N) is 1. The zero-order valence-electron chi connectivity index (χ0n) is 13.8. The van der Waals surface area contributed by atoms with Crippen molar-refractivity contribution in [2.45, 2.75) is 41.7 Å². The van der Waals surface area contributed by atoms with Gasteiger partial charge in [0.25, 0.3) is 0 Å². The molecular weight excluding hydrogens is 347 g/mol. The Labute approximate surface area is 145 Å². The van der Waals surface area contributed by atoms with E-state index in [1.165, 1.54) is 23.0 Å². The molecule has 0 unspecified atom stereocenters. The molecule has 0 radical (unpaired) electrons. The monoisotopic (exact) mass is 366 g/mol. The van der Waals surface area contributed by atoms with Crippen molar-refractivity contribution in [3.05, 3.63) is 36.3 Å². The molecule has 1 aromatic heterocycles. The van der Waals surface area contributed by atoms with Gasteiger partial charge < -0.3 is 5.32 Å². The first-order chi connectivity index (χ1) is 11.8. The minimum atomic E-state index is -3.99. The summed E-state index contributed by atoms with van der Waals surface area (Å²) >= 11 is 0. The average Bonchev–Trinajstić information content (AvgIpc) is 3.00. The Morgan fingerprint density at radius 2 is 1.84 bits per heavy atom. The number of aryl methyl sites for hydroxylation is 1. The molecule has 1 N–H and O–H groups in total. The van der Waals surface area contributed by atoms with E-state index in [9.17, 15) is 17.6 Å². The van der Waals surface area contributed by atoms with E-state index in [0.29, 0.717) is 12.8 Å². The van der Waals surface area contributed by atoms with Crippen molar-refractivity contribution in [1.82, 2.24) is 15.0 Å². The van der Waals surface area contributed by atoms with Crippen LogP contribution in [0, 0.1) is 5.82 Å². The molecule has 25 heavy (non-hydrogen) atoms. The summed E-state index contributed by atoms with van der Waals surface area (Å²) in [7, 11) is -2.34. The Balaban J connectivity index is 2.00. The SMILES string of the molecule is Cn1cc(NC(=O)C2(S(=O)(=O)c3ccc(F)cc3)CCCCC2)nn1. The Kier molecular flexibility index (Phi) is 4.59. The fraction of sp³-hybridized carbons (Fsp3) is 0.438. The molecule has 2 aromatic rings. The van der Waals surface area contributed by atoms with Gasteiger partial charge in [0.05, 0.1) is 11.1 Å². The predicted molar refractivity (Wildman–Crippen MR) is 89.0 cm³/mol. The van der Waals surface area contributed by atoms with Crippen LogP contribution in [0.1, 0.15) is 32.1 Å². The van der Waals surface area contributed by atoms with Crippen molar-refractivity contribution in [1.29, 1.82) is 0 Å². The number of carbonyl (C=O) groups excluding carboxylic acids is 1. The van der Waals surface area contributed by atoms with E-state index in [1.54, 1.807) is 7.05 Å². The summed E-state index contributed by atoms with van der Waals surface area (Å²) in [5.41, 5.74) is 0. The smallest absolute Gasteiger partial charge is 0.247 e. The maximum atomic E-state index is 13.2. The van der Waals surface area contributed by atoms with Gasteiger partial charge in [0.2, 0.25) is 5.91 Å². The van der Waals surface area contributed by atoms with E-state index < -0.39 is 26.3 Å². The van der Waals surface area contributed by atoms with Crippen LogP contribution in [0.3, 0.4) is 0 Å². The molecule has 1 aliphatic rings. The first-order valence-electron chi connectivity index (χ1n) is 8.03. The maximum absolute atomic E-state index is 13.2. The third kappa shape index (κ3) is 3.15. The largest absolute Gasteiger partial charge is 0.306 e. The molecule has 7 nitrogen and oxygen atoms in total. The van der Waals surface area contributed by atoms with Gasteiger partial charge in [-0.05, 0) is 37.1 Å². The van der Waals surface area contributed by atoms with Crippen molar-refractivity contribution < 1.29 is 17.6 Å². The molecule has 1 heterocycles. The number of hydrogen-bond acceptors (Lipinski definition) is 5. The van der Waals surface area contributed by atoms with Crippen molar-refractivity contribution in [2.24, 2.45) is 7.05 Å². The number of rotatable bonds is 4. The van der Waals surface area contributed by atoms with Gasteiger partial charge in [0.15, 0.2) is 20.4 Å². The highest BCUT2D eigenvalue weighted by atomic mass is 32.2. The molecule has 9 heteroatoms. The molecule has 0 bridgehead atoms. The van der Waals surface area contributed by atoms with Crippen LogP contribution in [-0.4, -0.2) is 34.1 Å². The molecule has 0 saturated heterocycles. The predicted octanol–water partition coefficient (Wildman–Crippen LogP) is 2.07. The van der Waals surface area contributed by atoms with Gasteiger partial charge in [-0.1, -0.05) is 24.5 Å². The molecule has 1 aliphatic carbocycles. The van der Waals surface area contributed by atoms with Crippen LogP contribution in [0.15, 0.2) is 35.4 Å². The molecule has 1 fully saturated rings. The van der Waals surface area contributed by atoms with Crippen molar-refractivity contribution in [2.75, 3.05) is 5.32 Å². The molecule has 0 aliphatic heterocycles. The highest BCUT2D eigenvalue weighted by Crippen LogP contribution is 2.40. The quantitative estimate of drug-likeness (QED) is 0.836. The van der Waals surface area contributed by atoms with Crippen LogP contribution in [0.5, 0.6) is 0 Å². The van der Waals surface area contributed by atoms with Crippen LogP contribution in [0.25, 0.3) is 0 Å². The molecule has 134 valence electrons. The van der Waals surface area contributed by atoms with E-state index >= 15 is 0 Å². The number of benzene rings is 1. The second kappa shape index (κ2) is 6.55. The lowest BCUT2D eigenvalue weighted by Crippen LogP contribution is -2.51. The van der Waals surface area contributed by atoms with Crippen LogP contribution in [0.2, 0.25) is 0 Å². The Morgan fingerprint density at radius 3 is 2.40 bits per heavy atom. The van der Waals surface area contributed by atoms with E-state index in [4.69, 9.17) is 0 Å². The first-order valence-corrected chi connectivity index (χ1v) is 9.51. The molecule has 1 saturated carbocycles. The molecule has 1 aromatic carbocycles. The number of halogens is 1. The molecule has 1 amide bonds. The number of sulfone groups is 1. The van der Waals surface area contributed by atoms with Crippen molar-refractivity contribution >= 4 is 21.6 Å². The topological polar surface area (TPSA) is 94.0 Å². The van der Waals surface area contributed by atoms with Gasteiger partial charge in [0, 0.05) is 7.05 Å². The summed E-state index contributed by atoms with van der Waals surface area (Å²) in [6, 6.07) is 4.58. The normalized spacial score (nSPS) is 17.2. The Hall–Kier alpha value is -2.29. The van der Waals surface area contributed by atoms with E-state index in [0.717, 1.165) is 18.6 Å². The van der Waals surface area contributed by atoms with Gasteiger partial charge in [-0.2, -0.15) is 0 Å². The summed E-state index contributed by atoms with van der Waals surface area (Å²) in [5, 5.41) is 10.1. The highest BCUT2D eigenvalue weighted by Gasteiger charge is 2.51. The number of hydrogen-bond donors (Lipinski definition) is 1. The summed E-state index contributed by atoms with van der Waals surface area (Å²) in [6.45, 7) is 0. The maximum Gasteiger partial charge on any atom is 0.247 e. The average molecular weight is 366 g/mol. The second-order valence-corrected chi connectivity index (χ2v) is 8.50. The lowest BCUT2D eigenvalue weighted by molar-refractivity contribution is -0.119.